The van der Waals surface area contributed by atoms with Gasteiger partial charge in [-0.05, 0) is 40.7 Å². The highest BCUT2D eigenvalue weighted by molar-refractivity contribution is 5.81. The Kier molecular flexibility index (Phi) is 3.00. The highest BCUT2D eigenvalue weighted by atomic mass is 16.3. The van der Waals surface area contributed by atoms with E-state index in [0.717, 1.165) is 27.8 Å². The summed E-state index contributed by atoms with van der Waals surface area (Å²) in [4.78, 5) is 11.1. The maximum atomic E-state index is 11.1. The van der Waals surface area contributed by atoms with E-state index >= 15 is 0 Å². The van der Waals surface area contributed by atoms with Crippen molar-refractivity contribution >= 4 is 5.57 Å². The minimum absolute atomic E-state index is 0.199. The van der Waals surface area contributed by atoms with E-state index in [4.69, 9.17) is 0 Å². The first-order chi connectivity index (χ1) is 9.29. The van der Waals surface area contributed by atoms with E-state index in [1.807, 2.05) is 24.3 Å². The summed E-state index contributed by atoms with van der Waals surface area (Å²) in [6.45, 7) is 4.24. The van der Waals surface area contributed by atoms with Crippen LogP contribution in [-0.4, -0.2) is 6.04 Å². The molecule has 0 saturated heterocycles. The fourth-order valence-corrected chi connectivity index (χ4v) is 2.78. The fourth-order valence-electron chi connectivity index (χ4n) is 2.78. The van der Waals surface area contributed by atoms with Crippen LogP contribution in [0.5, 0.6) is 0 Å². The average Bonchev–Trinajstić information content (AvgIpc) is 2.45. The van der Waals surface area contributed by atoms with Crippen LogP contribution in [0.2, 0.25) is 0 Å². The van der Waals surface area contributed by atoms with Crippen molar-refractivity contribution in [3.8, 4) is 0 Å². The molecular weight excluding hydrogens is 234 g/mol. The van der Waals surface area contributed by atoms with Gasteiger partial charge in [-0.15, -0.1) is 0 Å². The fraction of sp³-hybridized carbons (Fsp3) is 0.176. The summed E-state index contributed by atoms with van der Waals surface area (Å²) in [5.74, 6) is 0. The monoisotopic (exact) mass is 249 g/mol. The zero-order chi connectivity index (χ0) is 13.2. The molecule has 1 aliphatic carbocycles. The number of fused-ring (bicyclic) bond motifs is 2. The molecule has 0 spiro atoms. The van der Waals surface area contributed by atoms with Gasteiger partial charge in [0.2, 0.25) is 0 Å². The molecule has 0 N–H and O–H groups in total. The summed E-state index contributed by atoms with van der Waals surface area (Å²) in [7, 11) is 0. The van der Waals surface area contributed by atoms with Crippen LogP contribution >= 0.6 is 0 Å². The van der Waals surface area contributed by atoms with Gasteiger partial charge in [0.05, 0.1) is 6.04 Å². The van der Waals surface area contributed by atoms with Gasteiger partial charge in [0.25, 0.3) is 0 Å². The molecule has 0 aliphatic heterocycles. The number of nitrogens with zero attached hydrogens (tertiary/aromatic N) is 1. The lowest BCUT2D eigenvalue weighted by Crippen LogP contribution is -2.16. The van der Waals surface area contributed by atoms with Gasteiger partial charge in [-0.3, -0.25) is 0 Å². The quantitative estimate of drug-likeness (QED) is 0.703. The van der Waals surface area contributed by atoms with Crippen molar-refractivity contribution in [3.05, 3.63) is 82.3 Å². The van der Waals surface area contributed by atoms with Crippen molar-refractivity contribution in [1.82, 2.24) is 0 Å². The van der Waals surface area contributed by atoms with Gasteiger partial charge in [0, 0.05) is 0 Å². The molecule has 1 aliphatic rings. The van der Waals surface area contributed by atoms with Crippen molar-refractivity contribution in [2.75, 3.05) is 0 Å². The number of rotatable bonds is 1. The van der Waals surface area contributed by atoms with E-state index in [2.05, 4.69) is 36.0 Å². The van der Waals surface area contributed by atoms with E-state index in [1.54, 1.807) is 0 Å². The SMILES string of the molecule is C=C1c2ccccc2CC(N=O)Cc2ccccc21. The molecule has 0 bridgehead atoms. The summed E-state index contributed by atoms with van der Waals surface area (Å²) < 4.78 is 0. The van der Waals surface area contributed by atoms with Gasteiger partial charge < -0.3 is 0 Å². The third-order valence-electron chi connectivity index (χ3n) is 3.75. The Morgan fingerprint density at radius 3 is 1.84 bits per heavy atom. The minimum Gasteiger partial charge on any atom is -0.150 e. The smallest absolute Gasteiger partial charge is 0.1000 e. The highest BCUT2D eigenvalue weighted by Crippen LogP contribution is 2.31. The summed E-state index contributed by atoms with van der Waals surface area (Å²) in [6, 6.07) is 16.1. The second-order valence-electron chi connectivity index (χ2n) is 4.96. The Morgan fingerprint density at radius 1 is 0.895 bits per heavy atom. The molecule has 0 aromatic heterocycles. The first-order valence-corrected chi connectivity index (χ1v) is 6.47. The lowest BCUT2D eigenvalue weighted by atomic mass is 9.84. The summed E-state index contributed by atoms with van der Waals surface area (Å²) in [5.41, 5.74) is 5.61. The molecule has 0 fully saturated rings. The maximum Gasteiger partial charge on any atom is 0.1000 e. The Morgan fingerprint density at radius 2 is 1.37 bits per heavy atom. The molecule has 0 unspecified atom stereocenters. The van der Waals surface area contributed by atoms with Crippen molar-refractivity contribution in [1.29, 1.82) is 0 Å². The van der Waals surface area contributed by atoms with Crippen molar-refractivity contribution in [2.24, 2.45) is 5.18 Å². The molecule has 0 heterocycles. The molecule has 2 heteroatoms. The normalized spacial score (nSPS) is 15.1. The maximum absolute atomic E-state index is 11.1. The van der Waals surface area contributed by atoms with Crippen LogP contribution in [0.25, 0.3) is 5.57 Å². The Labute approximate surface area is 112 Å². The second kappa shape index (κ2) is 4.81. The van der Waals surface area contributed by atoms with Crippen LogP contribution in [0.4, 0.5) is 0 Å². The van der Waals surface area contributed by atoms with Crippen LogP contribution in [-0.2, 0) is 12.8 Å². The molecule has 0 atom stereocenters. The Hall–Kier alpha value is -2.22. The van der Waals surface area contributed by atoms with Crippen molar-refractivity contribution in [3.63, 3.8) is 0 Å². The molecule has 0 saturated carbocycles. The van der Waals surface area contributed by atoms with Crippen LogP contribution in [0.3, 0.4) is 0 Å². The Bertz CT molecular complexity index is 594. The van der Waals surface area contributed by atoms with Gasteiger partial charge in [-0.2, -0.15) is 4.91 Å². The summed E-state index contributed by atoms with van der Waals surface area (Å²) >= 11 is 0. The van der Waals surface area contributed by atoms with E-state index < -0.39 is 0 Å². The van der Waals surface area contributed by atoms with Crippen molar-refractivity contribution < 1.29 is 0 Å². The molecule has 3 rings (SSSR count). The van der Waals surface area contributed by atoms with Gasteiger partial charge in [0.1, 0.15) is 0 Å². The van der Waals surface area contributed by atoms with Crippen LogP contribution in [0.15, 0.2) is 60.3 Å². The number of hydrogen-bond acceptors (Lipinski definition) is 2. The number of benzene rings is 2. The first-order valence-electron chi connectivity index (χ1n) is 6.47. The lowest BCUT2D eigenvalue weighted by molar-refractivity contribution is 0.658. The van der Waals surface area contributed by atoms with E-state index in [9.17, 15) is 4.91 Å². The highest BCUT2D eigenvalue weighted by Gasteiger charge is 2.20. The van der Waals surface area contributed by atoms with Gasteiger partial charge >= 0.3 is 0 Å². The number of nitroso groups, excluding NO2 is 1. The summed E-state index contributed by atoms with van der Waals surface area (Å²) in [5, 5.41) is 3.29. The molecule has 2 aromatic rings. The first kappa shape index (κ1) is 11.8. The Balaban J connectivity index is 2.20. The topological polar surface area (TPSA) is 29.4 Å². The molecule has 19 heavy (non-hydrogen) atoms. The standard InChI is InChI=1S/C17H15NO/c1-12-16-8-4-2-6-13(16)10-15(18-19)11-14-7-3-5-9-17(12)14/h2-9,15H,1,10-11H2. The van der Waals surface area contributed by atoms with Gasteiger partial charge in [-0.1, -0.05) is 60.3 Å². The van der Waals surface area contributed by atoms with E-state index in [1.165, 1.54) is 0 Å². The minimum atomic E-state index is -0.199. The predicted molar refractivity (Wildman–Crippen MR) is 78.0 cm³/mol. The van der Waals surface area contributed by atoms with Gasteiger partial charge in [0.15, 0.2) is 0 Å². The van der Waals surface area contributed by atoms with Crippen LogP contribution in [0.1, 0.15) is 22.3 Å². The second-order valence-corrected chi connectivity index (χ2v) is 4.96. The van der Waals surface area contributed by atoms with E-state index in [0.29, 0.717) is 12.8 Å². The van der Waals surface area contributed by atoms with Crippen molar-refractivity contribution in [2.45, 2.75) is 18.9 Å². The lowest BCUT2D eigenvalue weighted by Gasteiger charge is -2.21. The van der Waals surface area contributed by atoms with Gasteiger partial charge in [-0.25, -0.2) is 0 Å². The van der Waals surface area contributed by atoms with Crippen LogP contribution < -0.4 is 0 Å². The number of hydrogen-bond donors (Lipinski definition) is 0. The summed E-state index contributed by atoms with van der Waals surface area (Å²) in [6.07, 6.45) is 1.38. The predicted octanol–water partition coefficient (Wildman–Crippen LogP) is 3.98. The molecule has 0 amide bonds. The van der Waals surface area contributed by atoms with Crippen LogP contribution in [0, 0.1) is 4.91 Å². The molecule has 94 valence electrons. The molecular formula is C17H15NO. The largest absolute Gasteiger partial charge is 0.150 e. The zero-order valence-corrected chi connectivity index (χ0v) is 10.7. The zero-order valence-electron chi connectivity index (χ0n) is 10.7. The molecule has 0 radical (unpaired) electrons. The molecule has 2 nitrogen and oxygen atoms in total. The van der Waals surface area contributed by atoms with E-state index in [-0.39, 0.29) is 6.04 Å². The molecule has 2 aromatic carbocycles. The average molecular weight is 249 g/mol. The third kappa shape index (κ3) is 2.10. The third-order valence-corrected chi connectivity index (χ3v) is 3.75.